The van der Waals surface area contributed by atoms with Crippen molar-refractivity contribution in [2.24, 2.45) is 5.10 Å². The number of hydrogen-bond acceptors (Lipinski definition) is 5. The number of phenolic OH excluding ortho intramolecular Hbond substituents is 1. The van der Waals surface area contributed by atoms with Crippen molar-refractivity contribution < 1.29 is 14.6 Å². The third-order valence-electron chi connectivity index (χ3n) is 3.18. The van der Waals surface area contributed by atoms with Crippen LogP contribution in [0.4, 0.5) is 0 Å². The second kappa shape index (κ2) is 8.30. The Kier molecular flexibility index (Phi) is 6.41. The first-order valence-corrected chi connectivity index (χ1v) is 8.05. The van der Waals surface area contributed by atoms with Crippen LogP contribution < -0.4 is 15.5 Å². The number of nitrogens with zero attached hydrogens (tertiary/aromatic N) is 1. The van der Waals surface area contributed by atoms with Gasteiger partial charge in [-0.05, 0) is 53.1 Å². The molecule has 0 unspecified atom stereocenters. The molecule has 0 saturated carbocycles. The highest BCUT2D eigenvalue weighted by molar-refractivity contribution is 9.10. The van der Waals surface area contributed by atoms with E-state index in [9.17, 15) is 5.11 Å². The summed E-state index contributed by atoms with van der Waals surface area (Å²) in [6, 6.07) is 3.22. The Hall–Kier alpha value is -1.38. The first kappa shape index (κ1) is 17.0. The lowest BCUT2D eigenvalue weighted by Crippen LogP contribution is -2.37. The summed E-state index contributed by atoms with van der Waals surface area (Å²) < 4.78 is 11.3. The Labute approximate surface area is 143 Å². The van der Waals surface area contributed by atoms with Gasteiger partial charge in [0.05, 0.1) is 19.4 Å². The summed E-state index contributed by atoms with van der Waals surface area (Å²) in [6.45, 7) is 1.49. The third kappa shape index (κ3) is 4.82. The molecule has 6 nitrogen and oxygen atoms in total. The average Bonchev–Trinajstić information content (AvgIpc) is 3.01. The van der Waals surface area contributed by atoms with Gasteiger partial charge < -0.3 is 19.9 Å². The number of hydrogen-bond donors (Lipinski definition) is 3. The van der Waals surface area contributed by atoms with Crippen LogP contribution in [0.25, 0.3) is 0 Å². The van der Waals surface area contributed by atoms with Gasteiger partial charge in [0.2, 0.25) is 0 Å². The van der Waals surface area contributed by atoms with Crippen molar-refractivity contribution in [1.29, 1.82) is 0 Å². The zero-order valence-electron chi connectivity index (χ0n) is 12.1. The molecule has 0 aromatic heterocycles. The molecule has 0 amide bonds. The van der Waals surface area contributed by atoms with Gasteiger partial charge in [0.1, 0.15) is 0 Å². The molecule has 1 atom stereocenters. The van der Waals surface area contributed by atoms with Gasteiger partial charge >= 0.3 is 0 Å². The van der Waals surface area contributed by atoms with E-state index in [1.807, 2.05) is 0 Å². The van der Waals surface area contributed by atoms with E-state index >= 15 is 0 Å². The molecule has 2 rings (SSSR count). The van der Waals surface area contributed by atoms with Crippen LogP contribution >= 0.6 is 28.1 Å². The molecule has 1 aromatic carbocycles. The van der Waals surface area contributed by atoms with E-state index in [0.717, 1.165) is 23.9 Å². The van der Waals surface area contributed by atoms with Gasteiger partial charge in [0.25, 0.3) is 0 Å². The fourth-order valence-electron chi connectivity index (χ4n) is 2.03. The van der Waals surface area contributed by atoms with E-state index in [1.54, 1.807) is 18.3 Å². The maximum absolute atomic E-state index is 9.75. The minimum Gasteiger partial charge on any atom is -0.504 e. The van der Waals surface area contributed by atoms with Gasteiger partial charge in [-0.2, -0.15) is 5.10 Å². The molecular formula is C14H18BrN3O3S. The fourth-order valence-corrected chi connectivity index (χ4v) is 2.59. The normalized spacial score (nSPS) is 17.6. The monoisotopic (exact) mass is 387 g/mol. The molecule has 120 valence electrons. The largest absolute Gasteiger partial charge is 0.504 e. The number of phenols is 1. The van der Waals surface area contributed by atoms with E-state index < -0.39 is 0 Å². The van der Waals surface area contributed by atoms with Crippen molar-refractivity contribution in [2.45, 2.75) is 18.9 Å². The maximum atomic E-state index is 9.75. The van der Waals surface area contributed by atoms with E-state index in [1.165, 1.54) is 7.11 Å². The molecule has 1 saturated heterocycles. The van der Waals surface area contributed by atoms with Crippen molar-refractivity contribution in [3.05, 3.63) is 22.2 Å². The fraction of sp³-hybridized carbons (Fsp3) is 0.429. The molecule has 1 fully saturated rings. The zero-order valence-corrected chi connectivity index (χ0v) is 14.5. The van der Waals surface area contributed by atoms with Gasteiger partial charge in [-0.1, -0.05) is 0 Å². The third-order valence-corrected chi connectivity index (χ3v) is 4.10. The van der Waals surface area contributed by atoms with Crippen molar-refractivity contribution in [2.75, 3.05) is 20.3 Å². The number of ether oxygens (including phenoxy) is 2. The van der Waals surface area contributed by atoms with Crippen LogP contribution in [0.2, 0.25) is 0 Å². The first-order chi connectivity index (χ1) is 10.6. The maximum Gasteiger partial charge on any atom is 0.187 e. The van der Waals surface area contributed by atoms with Crippen LogP contribution in [0.15, 0.2) is 21.7 Å². The molecule has 22 heavy (non-hydrogen) atoms. The van der Waals surface area contributed by atoms with E-state index in [-0.39, 0.29) is 11.9 Å². The van der Waals surface area contributed by atoms with Gasteiger partial charge in [0, 0.05) is 23.2 Å². The summed E-state index contributed by atoms with van der Waals surface area (Å²) in [7, 11) is 1.50. The molecular weight excluding hydrogens is 370 g/mol. The number of nitrogens with one attached hydrogen (secondary N) is 2. The Morgan fingerprint density at radius 3 is 3.14 bits per heavy atom. The summed E-state index contributed by atoms with van der Waals surface area (Å²) in [4.78, 5) is 0. The van der Waals surface area contributed by atoms with E-state index in [2.05, 4.69) is 31.8 Å². The number of thiocarbonyl (C=S) groups is 1. The molecule has 1 aromatic rings. The molecule has 3 N–H and O–H groups in total. The standard InChI is InChI=1S/C14H18BrN3O3S/c1-20-13-6-11(15)9(5-12(13)19)7-17-18-14(22)16-8-10-3-2-4-21-10/h5-7,10,19H,2-4,8H2,1H3,(H2,16,18,22)/b17-7-/t10-/m0/s1. The summed E-state index contributed by atoms with van der Waals surface area (Å²) in [5, 5.41) is 17.3. The molecule has 1 aliphatic heterocycles. The smallest absolute Gasteiger partial charge is 0.187 e. The summed E-state index contributed by atoms with van der Waals surface area (Å²) in [5.74, 6) is 0.442. The van der Waals surface area contributed by atoms with Gasteiger partial charge in [-0.25, -0.2) is 0 Å². The minimum absolute atomic E-state index is 0.0474. The number of aromatic hydroxyl groups is 1. The number of benzene rings is 1. The molecule has 8 heteroatoms. The van der Waals surface area contributed by atoms with Gasteiger partial charge in [0.15, 0.2) is 16.6 Å². The van der Waals surface area contributed by atoms with Crippen molar-refractivity contribution in [3.8, 4) is 11.5 Å². The molecule has 0 radical (unpaired) electrons. The summed E-state index contributed by atoms with van der Waals surface area (Å²) in [5.41, 5.74) is 3.43. The molecule has 0 aliphatic carbocycles. The molecule has 0 bridgehead atoms. The second-order valence-electron chi connectivity index (χ2n) is 4.76. The highest BCUT2D eigenvalue weighted by atomic mass is 79.9. The Bertz CT molecular complexity index is 563. The van der Waals surface area contributed by atoms with Crippen LogP contribution in [-0.4, -0.2) is 42.8 Å². The van der Waals surface area contributed by atoms with Crippen molar-refractivity contribution in [1.82, 2.24) is 10.7 Å². The number of methoxy groups -OCH3 is 1. The van der Waals surface area contributed by atoms with Crippen LogP contribution in [0.1, 0.15) is 18.4 Å². The van der Waals surface area contributed by atoms with Crippen LogP contribution in [0.5, 0.6) is 11.5 Å². The van der Waals surface area contributed by atoms with Gasteiger partial charge in [-0.15, -0.1) is 0 Å². The quantitative estimate of drug-likeness (QED) is 0.408. The van der Waals surface area contributed by atoms with Crippen LogP contribution in [0.3, 0.4) is 0 Å². The Morgan fingerprint density at radius 1 is 1.64 bits per heavy atom. The van der Waals surface area contributed by atoms with Crippen molar-refractivity contribution >= 4 is 39.5 Å². The first-order valence-electron chi connectivity index (χ1n) is 6.85. The number of halogens is 1. The SMILES string of the molecule is COc1cc(Br)c(/C=N\NC(=S)NC[C@@H]2CCCO2)cc1O. The topological polar surface area (TPSA) is 75.1 Å². The molecule has 1 heterocycles. The minimum atomic E-state index is 0.0474. The summed E-state index contributed by atoms with van der Waals surface area (Å²) in [6.07, 6.45) is 3.93. The van der Waals surface area contributed by atoms with Crippen molar-refractivity contribution in [3.63, 3.8) is 0 Å². The Morgan fingerprint density at radius 2 is 2.45 bits per heavy atom. The van der Waals surface area contributed by atoms with Crippen LogP contribution in [-0.2, 0) is 4.74 Å². The number of hydrazone groups is 1. The predicted molar refractivity (Wildman–Crippen MR) is 92.7 cm³/mol. The van der Waals surface area contributed by atoms with Crippen LogP contribution in [0, 0.1) is 0 Å². The lowest BCUT2D eigenvalue weighted by molar-refractivity contribution is 0.114. The Balaban J connectivity index is 1.83. The summed E-state index contributed by atoms with van der Waals surface area (Å²) >= 11 is 8.52. The second-order valence-corrected chi connectivity index (χ2v) is 6.02. The molecule has 1 aliphatic rings. The van der Waals surface area contributed by atoms with E-state index in [4.69, 9.17) is 21.7 Å². The lowest BCUT2D eigenvalue weighted by Gasteiger charge is -2.11. The lowest BCUT2D eigenvalue weighted by atomic mass is 10.2. The predicted octanol–water partition coefficient (Wildman–Crippen LogP) is 2.14. The number of rotatable bonds is 5. The highest BCUT2D eigenvalue weighted by Crippen LogP contribution is 2.31. The zero-order chi connectivity index (χ0) is 15.9. The van der Waals surface area contributed by atoms with E-state index in [0.29, 0.717) is 23.0 Å². The van der Waals surface area contributed by atoms with Gasteiger partial charge in [-0.3, -0.25) is 5.43 Å². The highest BCUT2D eigenvalue weighted by Gasteiger charge is 2.15. The molecule has 0 spiro atoms. The average molecular weight is 388 g/mol.